The second-order valence-corrected chi connectivity index (χ2v) is 6.13. The van der Waals surface area contributed by atoms with E-state index in [-0.39, 0.29) is 11.8 Å². The van der Waals surface area contributed by atoms with Crippen LogP contribution in [0.25, 0.3) is 0 Å². The van der Waals surface area contributed by atoms with Gasteiger partial charge in [-0.2, -0.15) is 0 Å². The summed E-state index contributed by atoms with van der Waals surface area (Å²) in [5, 5.41) is 0. The SMILES string of the molecule is Cc1cc(C(N)CCCS(C)(=O)=O)co1. The van der Waals surface area contributed by atoms with Crippen molar-refractivity contribution in [3.8, 4) is 0 Å². The van der Waals surface area contributed by atoms with Crippen LogP contribution < -0.4 is 5.73 Å². The Morgan fingerprint density at radius 3 is 2.67 bits per heavy atom. The standard InChI is InChI=1S/C10H17NO3S/c1-8-6-9(7-14-8)10(11)4-3-5-15(2,12)13/h6-7,10H,3-5,11H2,1-2H3. The molecule has 1 atom stereocenters. The van der Waals surface area contributed by atoms with Gasteiger partial charge in [0.25, 0.3) is 0 Å². The third-order valence-electron chi connectivity index (χ3n) is 2.21. The zero-order chi connectivity index (χ0) is 11.5. The van der Waals surface area contributed by atoms with Crippen LogP contribution in [0.1, 0.15) is 30.2 Å². The van der Waals surface area contributed by atoms with Crippen molar-refractivity contribution in [2.75, 3.05) is 12.0 Å². The van der Waals surface area contributed by atoms with Gasteiger partial charge in [0.1, 0.15) is 15.6 Å². The zero-order valence-corrected chi connectivity index (χ0v) is 9.88. The van der Waals surface area contributed by atoms with E-state index in [1.54, 1.807) is 6.26 Å². The van der Waals surface area contributed by atoms with Crippen LogP contribution in [0, 0.1) is 6.92 Å². The molecule has 0 aliphatic rings. The van der Waals surface area contributed by atoms with E-state index in [0.29, 0.717) is 12.8 Å². The summed E-state index contributed by atoms with van der Waals surface area (Å²) in [5.74, 6) is 1.01. The largest absolute Gasteiger partial charge is 0.469 e. The quantitative estimate of drug-likeness (QED) is 0.831. The highest BCUT2D eigenvalue weighted by atomic mass is 32.2. The van der Waals surface area contributed by atoms with Crippen LogP contribution in [-0.4, -0.2) is 20.4 Å². The highest BCUT2D eigenvalue weighted by molar-refractivity contribution is 7.90. The Hall–Kier alpha value is -0.810. The lowest BCUT2D eigenvalue weighted by Gasteiger charge is -2.07. The van der Waals surface area contributed by atoms with Crippen molar-refractivity contribution in [2.45, 2.75) is 25.8 Å². The minimum absolute atomic E-state index is 0.135. The second kappa shape index (κ2) is 4.81. The van der Waals surface area contributed by atoms with E-state index in [0.717, 1.165) is 11.3 Å². The maximum Gasteiger partial charge on any atom is 0.147 e. The first-order valence-corrected chi connectivity index (χ1v) is 6.93. The van der Waals surface area contributed by atoms with Crippen molar-refractivity contribution in [3.63, 3.8) is 0 Å². The van der Waals surface area contributed by atoms with E-state index in [1.807, 2.05) is 13.0 Å². The van der Waals surface area contributed by atoms with Gasteiger partial charge in [-0.15, -0.1) is 0 Å². The van der Waals surface area contributed by atoms with Crippen molar-refractivity contribution in [2.24, 2.45) is 5.73 Å². The van der Waals surface area contributed by atoms with Gasteiger partial charge < -0.3 is 10.2 Å². The zero-order valence-electron chi connectivity index (χ0n) is 9.06. The number of hydrogen-bond donors (Lipinski definition) is 1. The summed E-state index contributed by atoms with van der Waals surface area (Å²) in [6, 6.07) is 1.75. The summed E-state index contributed by atoms with van der Waals surface area (Å²) in [4.78, 5) is 0. The number of furan rings is 1. The smallest absolute Gasteiger partial charge is 0.147 e. The Kier molecular flexibility index (Phi) is 3.93. The molecule has 86 valence electrons. The third-order valence-corrected chi connectivity index (χ3v) is 3.24. The Bertz CT molecular complexity index is 408. The molecule has 4 nitrogen and oxygen atoms in total. The third kappa shape index (κ3) is 4.48. The number of sulfone groups is 1. The van der Waals surface area contributed by atoms with Gasteiger partial charge in [0.05, 0.1) is 6.26 Å². The molecule has 1 unspecified atom stereocenters. The molecule has 0 saturated carbocycles. The highest BCUT2D eigenvalue weighted by Crippen LogP contribution is 2.18. The topological polar surface area (TPSA) is 73.3 Å². The molecule has 1 heterocycles. The lowest BCUT2D eigenvalue weighted by atomic mass is 10.1. The van der Waals surface area contributed by atoms with E-state index in [1.165, 1.54) is 6.26 Å². The molecule has 0 saturated heterocycles. The van der Waals surface area contributed by atoms with Crippen molar-refractivity contribution >= 4 is 9.84 Å². The summed E-state index contributed by atoms with van der Waals surface area (Å²) in [6.45, 7) is 1.85. The molecule has 5 heteroatoms. The van der Waals surface area contributed by atoms with E-state index in [9.17, 15) is 8.42 Å². The molecule has 0 aromatic carbocycles. The van der Waals surface area contributed by atoms with Crippen LogP contribution in [-0.2, 0) is 9.84 Å². The van der Waals surface area contributed by atoms with Gasteiger partial charge in [-0.25, -0.2) is 8.42 Å². The predicted octanol–water partition coefficient (Wildman–Crippen LogP) is 1.41. The van der Waals surface area contributed by atoms with Crippen LogP contribution in [0.4, 0.5) is 0 Å². The monoisotopic (exact) mass is 231 g/mol. The normalized spacial score (nSPS) is 14.1. The molecule has 0 aliphatic carbocycles. The average molecular weight is 231 g/mol. The summed E-state index contributed by atoms with van der Waals surface area (Å²) in [6.07, 6.45) is 4.11. The fraction of sp³-hybridized carbons (Fsp3) is 0.600. The molecule has 0 radical (unpaired) electrons. The molecule has 0 amide bonds. The molecule has 2 N–H and O–H groups in total. The summed E-state index contributed by atoms with van der Waals surface area (Å²) in [5.41, 5.74) is 6.81. The molecular weight excluding hydrogens is 214 g/mol. The minimum Gasteiger partial charge on any atom is -0.469 e. The van der Waals surface area contributed by atoms with E-state index < -0.39 is 9.84 Å². The number of rotatable bonds is 5. The molecule has 15 heavy (non-hydrogen) atoms. The average Bonchev–Trinajstić information content (AvgIpc) is 2.49. The van der Waals surface area contributed by atoms with Crippen LogP contribution in [0.5, 0.6) is 0 Å². The molecule has 1 aromatic heterocycles. The maximum absolute atomic E-state index is 10.9. The van der Waals surface area contributed by atoms with E-state index in [2.05, 4.69) is 0 Å². The van der Waals surface area contributed by atoms with Crippen LogP contribution in [0.2, 0.25) is 0 Å². The Labute approximate surface area is 90.4 Å². The molecule has 0 bridgehead atoms. The lowest BCUT2D eigenvalue weighted by Crippen LogP contribution is -2.12. The number of aryl methyl sites for hydroxylation is 1. The number of hydrogen-bond acceptors (Lipinski definition) is 4. The van der Waals surface area contributed by atoms with Crippen LogP contribution >= 0.6 is 0 Å². The van der Waals surface area contributed by atoms with Crippen molar-refractivity contribution < 1.29 is 12.8 Å². The fourth-order valence-electron chi connectivity index (χ4n) is 1.39. The fourth-order valence-corrected chi connectivity index (χ4v) is 2.08. The Morgan fingerprint density at radius 2 is 2.20 bits per heavy atom. The molecule has 1 aromatic rings. The molecule has 0 aliphatic heterocycles. The minimum atomic E-state index is -2.88. The Morgan fingerprint density at radius 1 is 1.53 bits per heavy atom. The Balaban J connectivity index is 2.40. The summed E-state index contributed by atoms with van der Waals surface area (Å²) in [7, 11) is -2.88. The number of nitrogens with two attached hydrogens (primary N) is 1. The van der Waals surface area contributed by atoms with Gasteiger partial charge in [-0.05, 0) is 25.8 Å². The van der Waals surface area contributed by atoms with Gasteiger partial charge in [-0.1, -0.05) is 0 Å². The first kappa shape index (κ1) is 12.3. The van der Waals surface area contributed by atoms with Crippen LogP contribution in [0.3, 0.4) is 0 Å². The maximum atomic E-state index is 10.9. The first-order chi connectivity index (χ1) is 6.88. The van der Waals surface area contributed by atoms with Crippen molar-refractivity contribution in [1.29, 1.82) is 0 Å². The van der Waals surface area contributed by atoms with Crippen LogP contribution in [0.15, 0.2) is 16.7 Å². The molecular formula is C10H17NO3S. The lowest BCUT2D eigenvalue weighted by molar-refractivity contribution is 0.525. The van der Waals surface area contributed by atoms with Crippen molar-refractivity contribution in [3.05, 3.63) is 23.7 Å². The molecule has 1 rings (SSSR count). The second-order valence-electron chi connectivity index (χ2n) is 3.87. The van der Waals surface area contributed by atoms with Gasteiger partial charge in [0.15, 0.2) is 0 Å². The van der Waals surface area contributed by atoms with Gasteiger partial charge in [0, 0.05) is 23.6 Å². The first-order valence-electron chi connectivity index (χ1n) is 4.87. The van der Waals surface area contributed by atoms with Gasteiger partial charge in [0.2, 0.25) is 0 Å². The summed E-state index contributed by atoms with van der Waals surface area (Å²) >= 11 is 0. The van der Waals surface area contributed by atoms with Gasteiger partial charge in [-0.3, -0.25) is 0 Å². The molecule has 0 spiro atoms. The predicted molar refractivity (Wildman–Crippen MR) is 59.3 cm³/mol. The van der Waals surface area contributed by atoms with E-state index in [4.69, 9.17) is 10.2 Å². The summed E-state index contributed by atoms with van der Waals surface area (Å²) < 4.78 is 26.9. The highest BCUT2D eigenvalue weighted by Gasteiger charge is 2.10. The van der Waals surface area contributed by atoms with Gasteiger partial charge >= 0.3 is 0 Å². The van der Waals surface area contributed by atoms with Crippen molar-refractivity contribution in [1.82, 2.24) is 0 Å². The molecule has 0 fully saturated rings. The van der Waals surface area contributed by atoms with E-state index >= 15 is 0 Å².